The van der Waals surface area contributed by atoms with Crippen molar-refractivity contribution in [3.8, 4) is 28.3 Å². The number of amides is 1. The van der Waals surface area contributed by atoms with Crippen LogP contribution < -0.4 is 10.1 Å². The summed E-state index contributed by atoms with van der Waals surface area (Å²) in [5.41, 5.74) is 4.89. The summed E-state index contributed by atoms with van der Waals surface area (Å²) in [5.74, 6) is 0.167. The number of rotatable bonds is 6. The van der Waals surface area contributed by atoms with E-state index in [4.69, 9.17) is 4.74 Å². The van der Waals surface area contributed by atoms with Gasteiger partial charge >= 0.3 is 0 Å². The fraction of sp³-hybridized carbons (Fsp3) is 0.192. The lowest BCUT2D eigenvalue weighted by Crippen LogP contribution is -2.14. The van der Waals surface area contributed by atoms with E-state index in [0.29, 0.717) is 28.3 Å². The number of carbonyl (C=O) groups is 1. The van der Waals surface area contributed by atoms with E-state index in [9.17, 15) is 4.79 Å². The number of nitrogens with one attached hydrogen (secondary N) is 1. The molecule has 9 nitrogen and oxygen atoms in total. The summed E-state index contributed by atoms with van der Waals surface area (Å²) in [5, 5.41) is 12.7. The number of carbonyl (C=O) groups excluding carboxylic acids is 1. The molecule has 0 atom stereocenters. The predicted molar refractivity (Wildman–Crippen MR) is 134 cm³/mol. The number of hydrogen-bond acceptors (Lipinski definition) is 6. The highest BCUT2D eigenvalue weighted by Gasteiger charge is 2.19. The summed E-state index contributed by atoms with van der Waals surface area (Å²) in [6.07, 6.45) is 5.25. The van der Waals surface area contributed by atoms with E-state index in [-0.39, 0.29) is 11.9 Å². The first kappa shape index (κ1) is 22.3. The van der Waals surface area contributed by atoms with Gasteiger partial charge in [-0.15, -0.1) is 0 Å². The van der Waals surface area contributed by atoms with Gasteiger partial charge in [-0.05, 0) is 26.0 Å². The number of anilines is 1. The largest absolute Gasteiger partial charge is 0.494 e. The highest BCUT2D eigenvalue weighted by atomic mass is 16.5. The zero-order valence-corrected chi connectivity index (χ0v) is 19.9. The third kappa shape index (κ3) is 4.23. The first-order valence-corrected chi connectivity index (χ1v) is 11.2. The summed E-state index contributed by atoms with van der Waals surface area (Å²) >= 11 is 0. The lowest BCUT2D eigenvalue weighted by atomic mass is 10.0. The molecular formula is C26H25N7O2. The number of fused-ring (bicyclic) bond motifs is 1. The molecule has 9 heteroatoms. The van der Waals surface area contributed by atoms with Gasteiger partial charge in [0, 0.05) is 48.1 Å². The van der Waals surface area contributed by atoms with Gasteiger partial charge in [0.2, 0.25) is 0 Å². The van der Waals surface area contributed by atoms with Crippen LogP contribution in [0.1, 0.15) is 30.4 Å². The molecule has 0 unspecified atom stereocenters. The second-order valence-corrected chi connectivity index (χ2v) is 8.45. The van der Waals surface area contributed by atoms with Crippen molar-refractivity contribution in [1.82, 2.24) is 29.5 Å². The minimum Gasteiger partial charge on any atom is -0.494 e. The molecule has 5 aromatic rings. The van der Waals surface area contributed by atoms with Gasteiger partial charge in [0.15, 0.2) is 5.69 Å². The molecule has 0 saturated carbocycles. The van der Waals surface area contributed by atoms with Gasteiger partial charge in [-0.1, -0.05) is 30.3 Å². The molecule has 3 aromatic heterocycles. The van der Waals surface area contributed by atoms with Crippen molar-refractivity contribution in [2.24, 2.45) is 7.05 Å². The Bertz CT molecular complexity index is 1520. The summed E-state index contributed by atoms with van der Waals surface area (Å²) in [4.78, 5) is 22.0. The standard InChI is InChI=1S/C26H25N7O2/c1-16(2)33-11-10-20(30-33)26(34)29-22-12-18-21(13-23(22)35-4)27-15-28-25(18)19-14-32(3)31-24(19)17-8-6-5-7-9-17/h5-16H,1-4H3,(H,29,34). The summed E-state index contributed by atoms with van der Waals surface area (Å²) < 4.78 is 9.07. The monoisotopic (exact) mass is 467 g/mol. The van der Waals surface area contributed by atoms with E-state index in [1.54, 1.807) is 34.8 Å². The smallest absolute Gasteiger partial charge is 0.276 e. The molecule has 0 aliphatic carbocycles. The molecule has 0 fully saturated rings. The molecule has 2 aromatic carbocycles. The number of ether oxygens (including phenoxy) is 1. The van der Waals surface area contributed by atoms with Crippen LogP contribution in [0.2, 0.25) is 0 Å². The van der Waals surface area contributed by atoms with E-state index in [1.807, 2.05) is 63.5 Å². The Morgan fingerprint density at radius 3 is 2.54 bits per heavy atom. The Hall–Kier alpha value is -4.53. The average molecular weight is 468 g/mol. The minimum absolute atomic E-state index is 0.157. The molecule has 35 heavy (non-hydrogen) atoms. The topological polar surface area (TPSA) is 99.8 Å². The van der Waals surface area contributed by atoms with Crippen LogP contribution in [0.3, 0.4) is 0 Å². The first-order valence-electron chi connectivity index (χ1n) is 11.2. The Kier molecular flexibility index (Phi) is 5.74. The fourth-order valence-electron chi connectivity index (χ4n) is 3.97. The molecule has 176 valence electrons. The molecule has 1 amide bonds. The van der Waals surface area contributed by atoms with Gasteiger partial charge in [-0.25, -0.2) is 9.97 Å². The van der Waals surface area contributed by atoms with E-state index in [0.717, 1.165) is 22.2 Å². The SMILES string of the molecule is COc1cc2ncnc(-c3cn(C)nc3-c3ccccc3)c2cc1NC(=O)c1ccn(C(C)C)n1. The Morgan fingerprint density at radius 2 is 1.83 bits per heavy atom. The Morgan fingerprint density at radius 1 is 1.03 bits per heavy atom. The maximum absolute atomic E-state index is 13.0. The van der Waals surface area contributed by atoms with Gasteiger partial charge in [-0.2, -0.15) is 10.2 Å². The van der Waals surface area contributed by atoms with Crippen molar-refractivity contribution in [2.45, 2.75) is 19.9 Å². The fourth-order valence-corrected chi connectivity index (χ4v) is 3.97. The van der Waals surface area contributed by atoms with Crippen LogP contribution >= 0.6 is 0 Å². The molecule has 1 N–H and O–H groups in total. The predicted octanol–water partition coefficient (Wildman–Crippen LogP) is 4.74. The van der Waals surface area contributed by atoms with Crippen LogP contribution in [0.25, 0.3) is 33.4 Å². The second-order valence-electron chi connectivity index (χ2n) is 8.45. The molecule has 3 heterocycles. The molecule has 0 bridgehead atoms. The highest BCUT2D eigenvalue weighted by Crippen LogP contribution is 2.37. The van der Waals surface area contributed by atoms with E-state index in [1.165, 1.54) is 6.33 Å². The highest BCUT2D eigenvalue weighted by molar-refractivity contribution is 6.06. The minimum atomic E-state index is -0.327. The normalized spacial score (nSPS) is 11.2. The molecule has 5 rings (SSSR count). The van der Waals surface area contributed by atoms with E-state index >= 15 is 0 Å². The zero-order valence-electron chi connectivity index (χ0n) is 19.9. The molecular weight excluding hydrogens is 442 g/mol. The van der Waals surface area contributed by atoms with Crippen molar-refractivity contribution in [3.63, 3.8) is 0 Å². The number of nitrogens with zero attached hydrogens (tertiary/aromatic N) is 6. The lowest BCUT2D eigenvalue weighted by Gasteiger charge is -2.13. The first-order chi connectivity index (χ1) is 16.9. The van der Waals surface area contributed by atoms with Crippen molar-refractivity contribution < 1.29 is 9.53 Å². The van der Waals surface area contributed by atoms with Crippen LogP contribution in [-0.4, -0.2) is 42.5 Å². The molecule has 0 radical (unpaired) electrons. The third-order valence-corrected chi connectivity index (χ3v) is 5.71. The van der Waals surface area contributed by atoms with Crippen molar-refractivity contribution >= 4 is 22.5 Å². The van der Waals surface area contributed by atoms with Gasteiger partial charge in [0.1, 0.15) is 17.8 Å². The number of hydrogen-bond donors (Lipinski definition) is 1. The Labute approximate surface area is 202 Å². The summed E-state index contributed by atoms with van der Waals surface area (Å²) in [6, 6.07) is 15.4. The third-order valence-electron chi connectivity index (χ3n) is 5.71. The van der Waals surface area contributed by atoms with E-state index in [2.05, 4.69) is 25.5 Å². The van der Waals surface area contributed by atoms with Crippen LogP contribution in [0.15, 0.2) is 67.3 Å². The Balaban J connectivity index is 1.61. The van der Waals surface area contributed by atoms with Crippen molar-refractivity contribution in [2.75, 3.05) is 12.4 Å². The molecule has 0 aliphatic rings. The summed E-state index contributed by atoms with van der Waals surface area (Å²) in [6.45, 7) is 4.01. The number of aryl methyl sites for hydroxylation is 1. The lowest BCUT2D eigenvalue weighted by molar-refractivity contribution is 0.102. The van der Waals surface area contributed by atoms with Crippen LogP contribution in [0, 0.1) is 0 Å². The number of benzene rings is 2. The maximum atomic E-state index is 13.0. The van der Waals surface area contributed by atoms with Crippen LogP contribution in [0.5, 0.6) is 5.75 Å². The van der Waals surface area contributed by atoms with Crippen molar-refractivity contribution in [3.05, 3.63) is 72.9 Å². The van der Waals surface area contributed by atoms with Crippen molar-refractivity contribution in [1.29, 1.82) is 0 Å². The second kappa shape index (κ2) is 9.02. The number of aromatic nitrogens is 6. The average Bonchev–Trinajstić information content (AvgIpc) is 3.51. The van der Waals surface area contributed by atoms with Gasteiger partial charge < -0.3 is 10.1 Å². The van der Waals surface area contributed by atoms with Gasteiger partial charge in [0.05, 0.1) is 24.0 Å². The number of methoxy groups -OCH3 is 1. The zero-order chi connectivity index (χ0) is 24.5. The molecule has 0 aliphatic heterocycles. The summed E-state index contributed by atoms with van der Waals surface area (Å²) in [7, 11) is 3.44. The van der Waals surface area contributed by atoms with Crippen LogP contribution in [0.4, 0.5) is 5.69 Å². The van der Waals surface area contributed by atoms with E-state index < -0.39 is 0 Å². The van der Waals surface area contributed by atoms with Gasteiger partial charge in [0.25, 0.3) is 5.91 Å². The van der Waals surface area contributed by atoms with Crippen LogP contribution in [-0.2, 0) is 7.05 Å². The van der Waals surface area contributed by atoms with Gasteiger partial charge in [-0.3, -0.25) is 14.2 Å². The quantitative estimate of drug-likeness (QED) is 0.387. The molecule has 0 spiro atoms. The maximum Gasteiger partial charge on any atom is 0.276 e. The molecule has 0 saturated heterocycles.